The molecule has 1 aromatic carbocycles. The van der Waals surface area contributed by atoms with Crippen molar-refractivity contribution in [2.45, 2.75) is 38.6 Å². The fourth-order valence-corrected chi connectivity index (χ4v) is 3.91. The molecule has 0 unspecified atom stereocenters. The van der Waals surface area contributed by atoms with Crippen molar-refractivity contribution in [3.05, 3.63) is 41.5 Å². The number of fused-ring (bicyclic) bond motifs is 1. The van der Waals surface area contributed by atoms with Crippen molar-refractivity contribution < 1.29 is 9.53 Å². The molecule has 2 heterocycles. The maximum Gasteiger partial charge on any atom is 0.246 e. The predicted octanol–water partition coefficient (Wildman–Crippen LogP) is 2.88. The molecule has 0 bridgehead atoms. The minimum Gasteiger partial charge on any atom is -0.496 e. The van der Waals surface area contributed by atoms with E-state index in [1.807, 2.05) is 36.1 Å². The molecule has 2 saturated heterocycles. The van der Waals surface area contributed by atoms with Gasteiger partial charge >= 0.3 is 0 Å². The van der Waals surface area contributed by atoms with E-state index in [-0.39, 0.29) is 5.91 Å². The summed E-state index contributed by atoms with van der Waals surface area (Å²) < 4.78 is 5.40. The van der Waals surface area contributed by atoms with Gasteiger partial charge in [-0.25, -0.2) is 0 Å². The van der Waals surface area contributed by atoms with Crippen molar-refractivity contribution in [3.8, 4) is 5.75 Å². The van der Waals surface area contributed by atoms with E-state index in [2.05, 4.69) is 11.0 Å². The van der Waals surface area contributed by atoms with Crippen LogP contribution in [0.5, 0.6) is 5.75 Å². The van der Waals surface area contributed by atoms with Gasteiger partial charge in [-0.1, -0.05) is 23.8 Å². The number of amides is 1. The van der Waals surface area contributed by atoms with Crippen LogP contribution in [0.3, 0.4) is 0 Å². The fraction of sp³-hybridized carbons (Fsp3) is 0.550. The molecule has 1 amide bonds. The van der Waals surface area contributed by atoms with E-state index in [4.69, 9.17) is 4.74 Å². The maximum atomic E-state index is 12.7. The van der Waals surface area contributed by atoms with Crippen LogP contribution < -0.4 is 4.74 Å². The Labute approximate surface area is 145 Å². The number of hydrogen-bond donors (Lipinski definition) is 0. The van der Waals surface area contributed by atoms with Gasteiger partial charge in [-0.15, -0.1) is 0 Å². The number of ether oxygens (including phenoxy) is 1. The molecule has 130 valence electrons. The first kappa shape index (κ1) is 17.0. The van der Waals surface area contributed by atoms with Crippen LogP contribution in [0.4, 0.5) is 0 Å². The molecule has 4 heteroatoms. The van der Waals surface area contributed by atoms with Crippen molar-refractivity contribution in [1.82, 2.24) is 9.80 Å². The smallest absolute Gasteiger partial charge is 0.246 e. The number of rotatable bonds is 4. The second-order valence-electron chi connectivity index (χ2n) is 6.95. The Bertz CT molecular complexity index is 611. The molecule has 2 aliphatic heterocycles. The van der Waals surface area contributed by atoms with Crippen LogP contribution in [0.25, 0.3) is 0 Å². The van der Waals surface area contributed by atoms with Crippen LogP contribution in [0, 0.1) is 0 Å². The zero-order valence-electron chi connectivity index (χ0n) is 14.8. The van der Waals surface area contributed by atoms with Crippen LogP contribution in [0.15, 0.2) is 35.9 Å². The second-order valence-corrected chi connectivity index (χ2v) is 6.95. The van der Waals surface area contributed by atoms with Gasteiger partial charge < -0.3 is 9.64 Å². The average molecular weight is 328 g/mol. The summed E-state index contributed by atoms with van der Waals surface area (Å²) in [5, 5.41) is 0. The minimum atomic E-state index is 0.163. The molecular weight excluding hydrogens is 300 g/mol. The van der Waals surface area contributed by atoms with Crippen molar-refractivity contribution in [3.63, 3.8) is 0 Å². The predicted molar refractivity (Wildman–Crippen MR) is 96.2 cm³/mol. The maximum absolute atomic E-state index is 12.7. The number of para-hydroxylation sites is 1. The van der Waals surface area contributed by atoms with E-state index in [0.29, 0.717) is 6.04 Å². The average Bonchev–Trinajstić information content (AvgIpc) is 2.92. The molecule has 1 atom stereocenters. The van der Waals surface area contributed by atoms with Crippen molar-refractivity contribution in [2.24, 2.45) is 0 Å². The van der Waals surface area contributed by atoms with Crippen LogP contribution in [-0.4, -0.2) is 55.0 Å². The molecule has 0 spiro atoms. The van der Waals surface area contributed by atoms with Gasteiger partial charge in [0.25, 0.3) is 0 Å². The standard InChI is InChI=1S/C20H28N2O2/c1-16(13-17-7-3-4-9-19(17)24-2)14-20(23)22-12-6-11-21-10-5-8-18(21)15-22/h3-4,7,9,14,18H,5-6,8,10-13,15H2,1-2H3/b16-14+/t18-/m0/s1. The molecule has 0 aromatic heterocycles. The summed E-state index contributed by atoms with van der Waals surface area (Å²) in [6, 6.07) is 8.57. The first-order chi connectivity index (χ1) is 11.7. The van der Waals surface area contributed by atoms with Crippen molar-refractivity contribution in [1.29, 1.82) is 0 Å². The van der Waals surface area contributed by atoms with E-state index in [0.717, 1.165) is 49.4 Å². The summed E-state index contributed by atoms with van der Waals surface area (Å²) in [6.45, 7) is 6.14. The Morgan fingerprint density at radius 2 is 2.04 bits per heavy atom. The van der Waals surface area contributed by atoms with Crippen molar-refractivity contribution in [2.75, 3.05) is 33.3 Å². The Balaban J connectivity index is 1.64. The van der Waals surface area contributed by atoms with Crippen LogP contribution >= 0.6 is 0 Å². The Morgan fingerprint density at radius 1 is 1.25 bits per heavy atom. The molecule has 0 radical (unpaired) electrons. The normalized spacial score (nSPS) is 22.2. The van der Waals surface area contributed by atoms with Crippen molar-refractivity contribution >= 4 is 5.91 Å². The quantitative estimate of drug-likeness (QED) is 0.797. The highest BCUT2D eigenvalue weighted by Gasteiger charge is 2.29. The van der Waals surface area contributed by atoms with Gasteiger partial charge in [0.1, 0.15) is 5.75 Å². The first-order valence-electron chi connectivity index (χ1n) is 8.99. The topological polar surface area (TPSA) is 32.8 Å². The van der Waals surface area contributed by atoms with Gasteiger partial charge in [-0.05, 0) is 50.8 Å². The third-order valence-electron chi connectivity index (χ3n) is 5.15. The van der Waals surface area contributed by atoms with E-state index in [1.165, 1.54) is 19.4 Å². The molecule has 0 aliphatic carbocycles. The van der Waals surface area contributed by atoms with E-state index in [9.17, 15) is 4.79 Å². The molecule has 3 rings (SSSR count). The second kappa shape index (κ2) is 7.84. The van der Waals surface area contributed by atoms with Gasteiger partial charge in [0, 0.05) is 31.8 Å². The lowest BCUT2D eigenvalue weighted by Gasteiger charge is -2.25. The highest BCUT2D eigenvalue weighted by atomic mass is 16.5. The fourth-order valence-electron chi connectivity index (χ4n) is 3.91. The molecule has 2 fully saturated rings. The number of allylic oxidation sites excluding steroid dienone is 1. The van der Waals surface area contributed by atoms with E-state index >= 15 is 0 Å². The minimum absolute atomic E-state index is 0.163. The summed E-state index contributed by atoms with van der Waals surface area (Å²) in [4.78, 5) is 17.3. The Morgan fingerprint density at radius 3 is 2.88 bits per heavy atom. The first-order valence-corrected chi connectivity index (χ1v) is 8.99. The zero-order valence-corrected chi connectivity index (χ0v) is 14.8. The molecule has 2 aliphatic rings. The summed E-state index contributed by atoms with van der Waals surface area (Å²) in [7, 11) is 1.69. The Hall–Kier alpha value is -1.81. The summed E-state index contributed by atoms with van der Waals surface area (Å²) in [6.07, 6.45) is 6.15. The summed E-state index contributed by atoms with van der Waals surface area (Å²) in [5.41, 5.74) is 2.21. The lowest BCUT2D eigenvalue weighted by Crippen LogP contribution is -2.39. The molecule has 24 heavy (non-hydrogen) atoms. The molecule has 0 N–H and O–H groups in total. The van der Waals surface area contributed by atoms with Gasteiger partial charge in [0.2, 0.25) is 5.91 Å². The monoisotopic (exact) mass is 328 g/mol. The van der Waals surface area contributed by atoms with Gasteiger partial charge in [0.05, 0.1) is 7.11 Å². The van der Waals surface area contributed by atoms with Gasteiger partial charge in [-0.3, -0.25) is 9.69 Å². The Kier molecular flexibility index (Phi) is 5.56. The highest BCUT2D eigenvalue weighted by Crippen LogP contribution is 2.23. The van der Waals surface area contributed by atoms with Gasteiger partial charge in [0.15, 0.2) is 0 Å². The van der Waals surface area contributed by atoms with Gasteiger partial charge in [-0.2, -0.15) is 0 Å². The van der Waals surface area contributed by atoms with Crippen LogP contribution in [0.1, 0.15) is 31.7 Å². The number of nitrogens with zero attached hydrogens (tertiary/aromatic N) is 2. The molecule has 1 aromatic rings. The lowest BCUT2D eigenvalue weighted by atomic mass is 10.0. The van der Waals surface area contributed by atoms with Crippen LogP contribution in [0.2, 0.25) is 0 Å². The number of carbonyl (C=O) groups is 1. The zero-order chi connectivity index (χ0) is 16.9. The molecule has 4 nitrogen and oxygen atoms in total. The largest absolute Gasteiger partial charge is 0.496 e. The lowest BCUT2D eigenvalue weighted by molar-refractivity contribution is -0.126. The molecule has 0 saturated carbocycles. The van der Waals surface area contributed by atoms with E-state index < -0.39 is 0 Å². The molecular formula is C20H28N2O2. The third-order valence-corrected chi connectivity index (χ3v) is 5.15. The van der Waals surface area contributed by atoms with Crippen LogP contribution in [-0.2, 0) is 11.2 Å². The highest BCUT2D eigenvalue weighted by molar-refractivity contribution is 5.88. The summed E-state index contributed by atoms with van der Waals surface area (Å²) >= 11 is 0. The summed E-state index contributed by atoms with van der Waals surface area (Å²) in [5.74, 6) is 1.05. The SMILES string of the molecule is COc1ccccc1C/C(C)=C/C(=O)N1CCCN2CCC[C@H]2C1. The van der Waals surface area contributed by atoms with E-state index in [1.54, 1.807) is 7.11 Å². The number of carbonyl (C=O) groups excluding carboxylic acids is 1. The third kappa shape index (κ3) is 3.99. The number of benzene rings is 1. The number of methoxy groups -OCH3 is 1. The number of hydrogen-bond acceptors (Lipinski definition) is 3.